The molecule has 0 aliphatic carbocycles. The van der Waals surface area contributed by atoms with Crippen LogP contribution in [0.1, 0.15) is 25.3 Å². The van der Waals surface area contributed by atoms with E-state index >= 15 is 0 Å². The molecule has 4 nitrogen and oxygen atoms in total. The molecule has 5 heteroatoms. The lowest BCUT2D eigenvalue weighted by Crippen LogP contribution is -2.36. The van der Waals surface area contributed by atoms with Gasteiger partial charge in [0, 0.05) is 13.1 Å². The number of likely N-dealkylation sites (N-methyl/N-ethyl adjacent to an activating group) is 1. The second-order valence-electron chi connectivity index (χ2n) is 4.65. The van der Waals surface area contributed by atoms with Crippen LogP contribution in [-0.2, 0) is 10.0 Å². The lowest BCUT2D eigenvalue weighted by Gasteiger charge is -2.26. The van der Waals surface area contributed by atoms with E-state index in [4.69, 9.17) is 0 Å². The molecule has 1 aromatic rings. The number of rotatable bonds is 6. The molecule has 0 saturated carbocycles. The lowest BCUT2D eigenvalue weighted by molar-refractivity contribution is 0.595. The monoisotopic (exact) mass is 270 g/mol. The maximum absolute atomic E-state index is 11.9. The molecule has 1 N–H and O–H groups in total. The van der Waals surface area contributed by atoms with Crippen molar-refractivity contribution in [3.63, 3.8) is 0 Å². The third kappa shape index (κ3) is 3.71. The van der Waals surface area contributed by atoms with Gasteiger partial charge in [-0.25, -0.2) is 8.42 Å². The molecule has 1 rings (SSSR count). The fourth-order valence-corrected chi connectivity index (χ4v) is 2.83. The van der Waals surface area contributed by atoms with Gasteiger partial charge in [-0.05, 0) is 24.6 Å². The molecule has 102 valence electrons. The molecule has 18 heavy (non-hydrogen) atoms. The SMILES string of the molecule is CNCCN(c1ccccc1C(C)C)S(C)(=O)=O. The Balaban J connectivity index is 3.21. The molecule has 0 unspecified atom stereocenters. The zero-order valence-corrected chi connectivity index (χ0v) is 12.3. The highest BCUT2D eigenvalue weighted by Crippen LogP contribution is 2.28. The molecule has 0 fully saturated rings. The Labute approximate surface area is 110 Å². The maximum atomic E-state index is 11.9. The first-order valence-electron chi connectivity index (χ1n) is 6.09. The standard InChI is InChI=1S/C13H22N2O2S/c1-11(2)12-7-5-6-8-13(12)15(10-9-14-3)18(4,16)17/h5-8,11,14H,9-10H2,1-4H3. The largest absolute Gasteiger partial charge is 0.318 e. The highest BCUT2D eigenvalue weighted by Gasteiger charge is 2.20. The number of sulfonamides is 1. The normalized spacial score (nSPS) is 11.8. The summed E-state index contributed by atoms with van der Waals surface area (Å²) in [5.74, 6) is 0.292. The maximum Gasteiger partial charge on any atom is 0.232 e. The van der Waals surface area contributed by atoms with Crippen molar-refractivity contribution in [2.75, 3.05) is 30.7 Å². The molecular weight excluding hydrogens is 248 g/mol. The zero-order chi connectivity index (χ0) is 13.8. The highest BCUT2D eigenvalue weighted by molar-refractivity contribution is 7.92. The van der Waals surface area contributed by atoms with Gasteiger partial charge in [0.25, 0.3) is 0 Å². The van der Waals surface area contributed by atoms with Crippen molar-refractivity contribution in [3.05, 3.63) is 29.8 Å². The average molecular weight is 270 g/mol. The van der Waals surface area contributed by atoms with Gasteiger partial charge in [0.05, 0.1) is 11.9 Å². The van der Waals surface area contributed by atoms with Gasteiger partial charge >= 0.3 is 0 Å². The van der Waals surface area contributed by atoms with Crippen LogP contribution in [0.25, 0.3) is 0 Å². The predicted molar refractivity (Wildman–Crippen MR) is 76.6 cm³/mol. The van der Waals surface area contributed by atoms with Crippen LogP contribution in [0.15, 0.2) is 24.3 Å². The third-order valence-electron chi connectivity index (χ3n) is 2.79. The molecule has 0 aromatic heterocycles. The van der Waals surface area contributed by atoms with Crippen molar-refractivity contribution in [2.45, 2.75) is 19.8 Å². The number of hydrogen-bond acceptors (Lipinski definition) is 3. The second kappa shape index (κ2) is 6.20. The molecule has 0 radical (unpaired) electrons. The molecule has 0 amide bonds. The van der Waals surface area contributed by atoms with E-state index in [2.05, 4.69) is 19.2 Å². The van der Waals surface area contributed by atoms with Gasteiger partial charge < -0.3 is 5.32 Å². The van der Waals surface area contributed by atoms with E-state index in [-0.39, 0.29) is 0 Å². The van der Waals surface area contributed by atoms with E-state index in [1.165, 1.54) is 10.6 Å². The minimum absolute atomic E-state index is 0.292. The Bertz CT molecular complexity index is 484. The topological polar surface area (TPSA) is 49.4 Å². The highest BCUT2D eigenvalue weighted by atomic mass is 32.2. The number of hydrogen-bond donors (Lipinski definition) is 1. The van der Waals surface area contributed by atoms with Crippen LogP contribution in [0.2, 0.25) is 0 Å². The Kier molecular flexibility index (Phi) is 5.16. The van der Waals surface area contributed by atoms with Crippen LogP contribution in [0, 0.1) is 0 Å². The van der Waals surface area contributed by atoms with Crippen molar-refractivity contribution < 1.29 is 8.42 Å². The van der Waals surface area contributed by atoms with Crippen LogP contribution < -0.4 is 9.62 Å². The summed E-state index contributed by atoms with van der Waals surface area (Å²) in [5.41, 5.74) is 1.84. The van der Waals surface area contributed by atoms with Crippen LogP contribution >= 0.6 is 0 Å². The van der Waals surface area contributed by atoms with Crippen LogP contribution in [0.5, 0.6) is 0 Å². The van der Waals surface area contributed by atoms with Gasteiger partial charge in [0.2, 0.25) is 10.0 Å². The summed E-state index contributed by atoms with van der Waals surface area (Å²) in [7, 11) is -1.44. The summed E-state index contributed by atoms with van der Waals surface area (Å²) in [5, 5.41) is 2.98. The first-order chi connectivity index (χ1) is 8.38. The second-order valence-corrected chi connectivity index (χ2v) is 6.56. The molecule has 0 aliphatic rings. The summed E-state index contributed by atoms with van der Waals surface area (Å²) in [4.78, 5) is 0. The van der Waals surface area contributed by atoms with E-state index in [0.29, 0.717) is 19.0 Å². The molecule has 0 bridgehead atoms. The number of nitrogens with zero attached hydrogens (tertiary/aromatic N) is 1. The third-order valence-corrected chi connectivity index (χ3v) is 3.97. The summed E-state index contributed by atoms with van der Waals surface area (Å²) in [6.07, 6.45) is 1.25. The minimum atomic E-state index is -3.25. The summed E-state index contributed by atoms with van der Waals surface area (Å²) in [6.45, 7) is 5.20. The van der Waals surface area contributed by atoms with E-state index < -0.39 is 10.0 Å². The van der Waals surface area contributed by atoms with Crippen LogP contribution in [0.4, 0.5) is 5.69 Å². The smallest absolute Gasteiger partial charge is 0.232 e. The quantitative estimate of drug-likeness (QED) is 0.857. The van der Waals surface area contributed by atoms with Gasteiger partial charge in [-0.3, -0.25) is 4.31 Å². The summed E-state index contributed by atoms with van der Waals surface area (Å²) in [6, 6.07) is 7.67. The molecule has 0 aliphatic heterocycles. The summed E-state index contributed by atoms with van der Waals surface area (Å²) < 4.78 is 25.3. The van der Waals surface area contributed by atoms with Crippen molar-refractivity contribution in [3.8, 4) is 0 Å². The Morgan fingerprint density at radius 2 is 1.89 bits per heavy atom. The Morgan fingerprint density at radius 1 is 1.28 bits per heavy atom. The number of anilines is 1. The summed E-state index contributed by atoms with van der Waals surface area (Å²) >= 11 is 0. The van der Waals surface area contributed by atoms with Crippen LogP contribution in [-0.4, -0.2) is 34.8 Å². The van der Waals surface area contributed by atoms with E-state index in [9.17, 15) is 8.42 Å². The fraction of sp³-hybridized carbons (Fsp3) is 0.538. The van der Waals surface area contributed by atoms with E-state index in [0.717, 1.165) is 11.3 Å². The zero-order valence-electron chi connectivity index (χ0n) is 11.5. The molecule has 0 atom stereocenters. The Hall–Kier alpha value is -1.07. The van der Waals surface area contributed by atoms with Gasteiger partial charge in [0.15, 0.2) is 0 Å². The number of nitrogens with one attached hydrogen (secondary N) is 1. The fourth-order valence-electron chi connectivity index (χ4n) is 1.88. The van der Waals surface area contributed by atoms with Crippen molar-refractivity contribution in [2.24, 2.45) is 0 Å². The van der Waals surface area contributed by atoms with Gasteiger partial charge in [-0.2, -0.15) is 0 Å². The van der Waals surface area contributed by atoms with Crippen molar-refractivity contribution in [1.29, 1.82) is 0 Å². The molecule has 0 saturated heterocycles. The first-order valence-corrected chi connectivity index (χ1v) is 7.94. The van der Waals surface area contributed by atoms with Crippen LogP contribution in [0.3, 0.4) is 0 Å². The molecular formula is C13H22N2O2S. The van der Waals surface area contributed by atoms with E-state index in [1.807, 2.05) is 31.3 Å². The first kappa shape index (κ1) is 15.0. The molecule has 0 heterocycles. The van der Waals surface area contributed by atoms with Crippen molar-refractivity contribution >= 4 is 15.7 Å². The van der Waals surface area contributed by atoms with Crippen molar-refractivity contribution in [1.82, 2.24) is 5.32 Å². The van der Waals surface area contributed by atoms with E-state index in [1.54, 1.807) is 0 Å². The average Bonchev–Trinajstić information content (AvgIpc) is 2.28. The van der Waals surface area contributed by atoms with Gasteiger partial charge in [-0.1, -0.05) is 32.0 Å². The molecule has 0 spiro atoms. The number of benzene rings is 1. The predicted octanol–water partition coefficient (Wildman–Crippen LogP) is 1.80. The van der Waals surface area contributed by atoms with Gasteiger partial charge in [0.1, 0.15) is 0 Å². The Morgan fingerprint density at radius 3 is 2.39 bits per heavy atom. The lowest BCUT2D eigenvalue weighted by atomic mass is 10.0. The molecule has 1 aromatic carbocycles. The number of para-hydroxylation sites is 1. The minimum Gasteiger partial charge on any atom is -0.318 e. The van der Waals surface area contributed by atoms with Gasteiger partial charge in [-0.15, -0.1) is 0 Å².